The summed E-state index contributed by atoms with van der Waals surface area (Å²) in [5, 5.41) is 3.57. The molecule has 0 radical (unpaired) electrons. The van der Waals surface area contributed by atoms with E-state index in [0.29, 0.717) is 0 Å². The second kappa shape index (κ2) is 6.59. The highest BCUT2D eigenvalue weighted by Gasteiger charge is 2.21. The molecule has 0 bridgehead atoms. The van der Waals surface area contributed by atoms with Gasteiger partial charge in [-0.15, -0.1) is 22.7 Å². The van der Waals surface area contributed by atoms with Crippen LogP contribution in [0.4, 0.5) is 0 Å². The van der Waals surface area contributed by atoms with Gasteiger partial charge in [-0.05, 0) is 44.5 Å². The van der Waals surface area contributed by atoms with E-state index in [-0.39, 0.29) is 6.04 Å². The van der Waals surface area contributed by atoms with Crippen molar-refractivity contribution in [1.29, 1.82) is 0 Å². The molecule has 2 heterocycles. The number of hydrogen-bond acceptors (Lipinski definition) is 3. The molecule has 0 aromatic carbocycles. The van der Waals surface area contributed by atoms with Crippen molar-refractivity contribution in [3.05, 3.63) is 41.7 Å². The number of rotatable bonds is 5. The van der Waals surface area contributed by atoms with E-state index >= 15 is 0 Å². The summed E-state index contributed by atoms with van der Waals surface area (Å²) in [7, 11) is 0. The van der Waals surface area contributed by atoms with Crippen molar-refractivity contribution in [3.63, 3.8) is 0 Å². The van der Waals surface area contributed by atoms with Crippen LogP contribution in [0.2, 0.25) is 8.67 Å². The minimum Gasteiger partial charge on any atom is -0.306 e. The van der Waals surface area contributed by atoms with Crippen LogP contribution in [0.1, 0.15) is 40.3 Å². The van der Waals surface area contributed by atoms with E-state index < -0.39 is 0 Å². The molecule has 19 heavy (non-hydrogen) atoms. The van der Waals surface area contributed by atoms with E-state index in [1.807, 2.05) is 17.4 Å². The zero-order valence-electron chi connectivity index (χ0n) is 11.2. The van der Waals surface area contributed by atoms with Crippen molar-refractivity contribution < 1.29 is 0 Å². The fourth-order valence-corrected chi connectivity index (χ4v) is 4.62. The molecule has 0 aliphatic rings. The van der Waals surface area contributed by atoms with Crippen LogP contribution < -0.4 is 5.32 Å². The number of halogens is 2. The Morgan fingerprint density at radius 2 is 1.95 bits per heavy atom. The highest BCUT2D eigenvalue weighted by molar-refractivity contribution is 7.20. The van der Waals surface area contributed by atoms with Crippen molar-refractivity contribution >= 4 is 45.9 Å². The monoisotopic (exact) mass is 333 g/mol. The number of nitrogens with one attached hydrogen (secondary N) is 1. The van der Waals surface area contributed by atoms with Crippen LogP contribution in [-0.4, -0.2) is 6.54 Å². The summed E-state index contributed by atoms with van der Waals surface area (Å²) in [5.41, 5.74) is 2.42. The van der Waals surface area contributed by atoms with Crippen LogP contribution in [-0.2, 0) is 0 Å². The SMILES string of the molecule is CCCNC(c1cc(C)c(C)s1)c1cc(Cl)sc1Cl. The summed E-state index contributed by atoms with van der Waals surface area (Å²) < 4.78 is 1.52. The minimum atomic E-state index is 0.147. The lowest BCUT2D eigenvalue weighted by molar-refractivity contribution is 0.607. The summed E-state index contributed by atoms with van der Waals surface area (Å²) in [4.78, 5) is 2.66. The Hall–Kier alpha value is -0.0600. The Morgan fingerprint density at radius 1 is 1.21 bits per heavy atom. The minimum absolute atomic E-state index is 0.147. The van der Waals surface area contributed by atoms with E-state index in [1.165, 1.54) is 26.7 Å². The first-order valence-electron chi connectivity index (χ1n) is 6.28. The first-order chi connectivity index (χ1) is 9.02. The molecule has 0 amide bonds. The van der Waals surface area contributed by atoms with Crippen LogP contribution in [0, 0.1) is 13.8 Å². The van der Waals surface area contributed by atoms with Gasteiger partial charge in [0.15, 0.2) is 0 Å². The molecule has 0 fully saturated rings. The van der Waals surface area contributed by atoms with Crippen LogP contribution in [0.25, 0.3) is 0 Å². The number of thiophene rings is 2. The van der Waals surface area contributed by atoms with Gasteiger partial charge in [-0.1, -0.05) is 30.1 Å². The maximum atomic E-state index is 6.31. The van der Waals surface area contributed by atoms with Crippen molar-refractivity contribution in [2.24, 2.45) is 0 Å². The molecule has 0 saturated carbocycles. The molecule has 0 spiro atoms. The lowest BCUT2D eigenvalue weighted by Gasteiger charge is -2.16. The van der Waals surface area contributed by atoms with E-state index in [9.17, 15) is 0 Å². The molecule has 2 aromatic heterocycles. The molecule has 0 aliphatic carbocycles. The highest BCUT2D eigenvalue weighted by atomic mass is 35.5. The maximum Gasteiger partial charge on any atom is 0.0995 e. The Bertz CT molecular complexity index is 540. The van der Waals surface area contributed by atoms with Gasteiger partial charge < -0.3 is 5.32 Å². The van der Waals surface area contributed by atoms with Gasteiger partial charge in [0.25, 0.3) is 0 Å². The Morgan fingerprint density at radius 3 is 2.42 bits per heavy atom. The average Bonchev–Trinajstić information content (AvgIpc) is 2.84. The molecule has 0 aliphatic heterocycles. The maximum absolute atomic E-state index is 6.31. The lowest BCUT2D eigenvalue weighted by atomic mass is 10.1. The smallest absolute Gasteiger partial charge is 0.0995 e. The molecule has 1 N–H and O–H groups in total. The number of aryl methyl sites for hydroxylation is 2. The predicted molar refractivity (Wildman–Crippen MR) is 88.3 cm³/mol. The lowest BCUT2D eigenvalue weighted by Crippen LogP contribution is -2.22. The summed E-state index contributed by atoms with van der Waals surface area (Å²) in [5.74, 6) is 0. The van der Waals surface area contributed by atoms with Crippen molar-refractivity contribution in [2.45, 2.75) is 33.2 Å². The average molecular weight is 334 g/mol. The van der Waals surface area contributed by atoms with Gasteiger partial charge in [0.05, 0.1) is 14.7 Å². The predicted octanol–water partition coefficient (Wildman–Crippen LogP) is 5.82. The molecule has 5 heteroatoms. The van der Waals surface area contributed by atoms with Crippen molar-refractivity contribution in [2.75, 3.05) is 6.54 Å². The van der Waals surface area contributed by atoms with E-state index in [2.05, 4.69) is 32.2 Å². The van der Waals surface area contributed by atoms with Crippen LogP contribution in [0.15, 0.2) is 12.1 Å². The van der Waals surface area contributed by atoms with Gasteiger partial charge in [-0.3, -0.25) is 0 Å². The van der Waals surface area contributed by atoms with Gasteiger partial charge in [-0.25, -0.2) is 0 Å². The first kappa shape index (κ1) is 15.3. The standard InChI is InChI=1S/C14H17Cl2NS2/c1-4-5-17-13(10-7-12(15)19-14(10)16)11-6-8(2)9(3)18-11/h6-7,13,17H,4-5H2,1-3H3. The van der Waals surface area contributed by atoms with Gasteiger partial charge in [-0.2, -0.15) is 0 Å². The van der Waals surface area contributed by atoms with Gasteiger partial charge in [0.2, 0.25) is 0 Å². The van der Waals surface area contributed by atoms with Crippen LogP contribution in [0.5, 0.6) is 0 Å². The summed E-state index contributed by atoms with van der Waals surface area (Å²) in [6, 6.07) is 4.37. The van der Waals surface area contributed by atoms with Crippen molar-refractivity contribution in [3.8, 4) is 0 Å². The molecular formula is C14H17Cl2NS2. The second-order valence-electron chi connectivity index (χ2n) is 4.55. The van der Waals surface area contributed by atoms with E-state index in [1.54, 1.807) is 0 Å². The summed E-state index contributed by atoms with van der Waals surface area (Å²) >= 11 is 15.6. The molecule has 2 rings (SSSR count). The number of hydrogen-bond donors (Lipinski definition) is 1. The van der Waals surface area contributed by atoms with Crippen LogP contribution in [0.3, 0.4) is 0 Å². The first-order valence-corrected chi connectivity index (χ1v) is 8.66. The second-order valence-corrected chi connectivity index (χ2v) is 8.13. The Kier molecular flexibility index (Phi) is 5.32. The normalized spacial score (nSPS) is 12.9. The van der Waals surface area contributed by atoms with Crippen molar-refractivity contribution in [1.82, 2.24) is 5.32 Å². The molecule has 2 aromatic rings. The topological polar surface area (TPSA) is 12.0 Å². The molecule has 0 saturated heterocycles. The zero-order valence-corrected chi connectivity index (χ0v) is 14.4. The fourth-order valence-electron chi connectivity index (χ4n) is 1.95. The third-order valence-electron chi connectivity index (χ3n) is 3.06. The molecular weight excluding hydrogens is 317 g/mol. The van der Waals surface area contributed by atoms with Crippen LogP contribution >= 0.6 is 45.9 Å². The molecule has 1 unspecified atom stereocenters. The summed E-state index contributed by atoms with van der Waals surface area (Å²) in [6.07, 6.45) is 1.09. The Labute approximate surface area is 132 Å². The third-order valence-corrected chi connectivity index (χ3v) is 5.80. The summed E-state index contributed by atoms with van der Waals surface area (Å²) in [6.45, 7) is 7.43. The highest BCUT2D eigenvalue weighted by Crippen LogP contribution is 2.39. The molecule has 104 valence electrons. The molecule has 1 nitrogen and oxygen atoms in total. The molecule has 1 atom stereocenters. The fraction of sp³-hybridized carbons (Fsp3) is 0.429. The quantitative estimate of drug-likeness (QED) is 0.726. The largest absolute Gasteiger partial charge is 0.306 e. The zero-order chi connectivity index (χ0) is 14.0. The van der Waals surface area contributed by atoms with E-state index in [0.717, 1.165) is 27.2 Å². The van der Waals surface area contributed by atoms with Gasteiger partial charge in [0, 0.05) is 15.3 Å². The van der Waals surface area contributed by atoms with Gasteiger partial charge >= 0.3 is 0 Å². The Balaban J connectivity index is 2.38. The third kappa shape index (κ3) is 3.53. The van der Waals surface area contributed by atoms with E-state index in [4.69, 9.17) is 23.2 Å². The van der Waals surface area contributed by atoms with Gasteiger partial charge in [0.1, 0.15) is 0 Å².